The Morgan fingerprint density at radius 2 is 2.41 bits per heavy atom. The van der Waals surface area contributed by atoms with E-state index >= 15 is 0 Å². The number of nitrogens with one attached hydrogen (secondary N) is 1. The van der Waals surface area contributed by atoms with Gasteiger partial charge in [-0.05, 0) is 64.0 Å². The summed E-state index contributed by atoms with van der Waals surface area (Å²) >= 11 is 7.62. The topological polar surface area (TPSA) is 15.3 Å². The van der Waals surface area contributed by atoms with Crippen molar-refractivity contribution in [3.8, 4) is 0 Å². The van der Waals surface area contributed by atoms with Crippen LogP contribution in [0.25, 0.3) is 0 Å². The van der Waals surface area contributed by atoms with Gasteiger partial charge >= 0.3 is 0 Å². The normalized spacial score (nSPS) is 20.3. The van der Waals surface area contributed by atoms with Crippen molar-refractivity contribution >= 4 is 22.9 Å². The molecule has 1 unspecified atom stereocenters. The lowest BCUT2D eigenvalue weighted by atomic mass is 10.0. The van der Waals surface area contributed by atoms with Crippen LogP contribution in [0.15, 0.2) is 12.1 Å². The molecule has 0 amide bonds. The SMILES string of the molecule is CN(CCCC1CCNC1)Cc1ccc(Cl)s1. The van der Waals surface area contributed by atoms with Crippen molar-refractivity contribution in [2.75, 3.05) is 26.7 Å². The zero-order valence-corrected chi connectivity index (χ0v) is 12.0. The second-order valence-corrected chi connectivity index (χ2v) is 6.74. The molecule has 4 heteroatoms. The molecule has 1 saturated heterocycles. The maximum Gasteiger partial charge on any atom is 0.0931 e. The third kappa shape index (κ3) is 4.59. The van der Waals surface area contributed by atoms with Gasteiger partial charge in [-0.2, -0.15) is 0 Å². The third-order valence-corrected chi connectivity index (χ3v) is 4.59. The molecule has 0 aromatic carbocycles. The van der Waals surface area contributed by atoms with Gasteiger partial charge in [-0.15, -0.1) is 11.3 Å². The Kier molecular flexibility index (Phi) is 5.29. The molecule has 1 aromatic rings. The van der Waals surface area contributed by atoms with Gasteiger partial charge in [0.05, 0.1) is 4.34 Å². The van der Waals surface area contributed by atoms with E-state index in [4.69, 9.17) is 11.6 Å². The Hall–Kier alpha value is -0.0900. The molecular formula is C13H21ClN2S. The zero-order chi connectivity index (χ0) is 12.1. The summed E-state index contributed by atoms with van der Waals surface area (Å²) in [6.45, 7) is 4.66. The molecular weight excluding hydrogens is 252 g/mol. The molecule has 0 spiro atoms. The van der Waals surface area contributed by atoms with Gasteiger partial charge < -0.3 is 10.2 Å². The average Bonchev–Trinajstić information content (AvgIpc) is 2.90. The minimum absolute atomic E-state index is 0.894. The number of rotatable bonds is 6. The molecule has 1 aliphatic heterocycles. The lowest BCUT2D eigenvalue weighted by molar-refractivity contribution is 0.310. The first-order valence-corrected chi connectivity index (χ1v) is 7.57. The lowest BCUT2D eigenvalue weighted by Gasteiger charge is -2.16. The number of hydrogen-bond acceptors (Lipinski definition) is 3. The molecule has 1 aromatic heterocycles. The number of nitrogens with zero attached hydrogens (tertiary/aromatic N) is 1. The highest BCUT2D eigenvalue weighted by Gasteiger charge is 2.13. The molecule has 0 saturated carbocycles. The predicted octanol–water partition coefficient (Wildman–Crippen LogP) is 3.22. The largest absolute Gasteiger partial charge is 0.316 e. The summed E-state index contributed by atoms with van der Waals surface area (Å²) < 4.78 is 0.894. The molecule has 0 aliphatic carbocycles. The van der Waals surface area contributed by atoms with E-state index in [0.717, 1.165) is 16.8 Å². The molecule has 0 bridgehead atoms. The summed E-state index contributed by atoms with van der Waals surface area (Å²) in [7, 11) is 2.19. The lowest BCUT2D eigenvalue weighted by Crippen LogP contribution is -2.19. The van der Waals surface area contributed by atoms with Crippen molar-refractivity contribution < 1.29 is 0 Å². The van der Waals surface area contributed by atoms with Crippen LogP contribution in [0.5, 0.6) is 0 Å². The molecule has 0 radical (unpaired) electrons. The van der Waals surface area contributed by atoms with E-state index in [1.54, 1.807) is 11.3 Å². The molecule has 1 atom stereocenters. The van der Waals surface area contributed by atoms with E-state index in [9.17, 15) is 0 Å². The fraction of sp³-hybridized carbons (Fsp3) is 0.692. The number of halogens is 1. The summed E-state index contributed by atoms with van der Waals surface area (Å²) in [5.41, 5.74) is 0. The second-order valence-electron chi connectivity index (χ2n) is 4.94. The highest BCUT2D eigenvalue weighted by atomic mass is 35.5. The standard InChI is InChI=1S/C13H21ClN2S/c1-16(10-12-4-5-13(14)17-12)8-2-3-11-6-7-15-9-11/h4-5,11,15H,2-3,6-10H2,1H3. The highest BCUT2D eigenvalue weighted by Crippen LogP contribution is 2.22. The average molecular weight is 273 g/mol. The van der Waals surface area contributed by atoms with E-state index in [-0.39, 0.29) is 0 Å². The van der Waals surface area contributed by atoms with Gasteiger partial charge in [0.1, 0.15) is 0 Å². The van der Waals surface area contributed by atoms with Crippen molar-refractivity contribution in [1.29, 1.82) is 0 Å². The van der Waals surface area contributed by atoms with Gasteiger partial charge in [0.15, 0.2) is 0 Å². The molecule has 17 heavy (non-hydrogen) atoms. The monoisotopic (exact) mass is 272 g/mol. The zero-order valence-electron chi connectivity index (χ0n) is 10.4. The van der Waals surface area contributed by atoms with Crippen molar-refractivity contribution in [3.05, 3.63) is 21.3 Å². The fourth-order valence-corrected chi connectivity index (χ4v) is 3.56. The molecule has 96 valence electrons. The Bertz CT molecular complexity index is 334. The van der Waals surface area contributed by atoms with Crippen LogP contribution in [0.3, 0.4) is 0 Å². The van der Waals surface area contributed by atoms with Crippen LogP contribution < -0.4 is 5.32 Å². The smallest absolute Gasteiger partial charge is 0.0931 e. The van der Waals surface area contributed by atoms with Gasteiger partial charge in [-0.25, -0.2) is 0 Å². The summed E-state index contributed by atoms with van der Waals surface area (Å²) in [5.74, 6) is 0.916. The van der Waals surface area contributed by atoms with Crippen molar-refractivity contribution in [2.45, 2.75) is 25.8 Å². The Morgan fingerprint density at radius 1 is 1.53 bits per heavy atom. The van der Waals surface area contributed by atoms with Crippen LogP contribution in [0, 0.1) is 5.92 Å². The summed E-state index contributed by atoms with van der Waals surface area (Å²) in [5, 5.41) is 3.43. The Morgan fingerprint density at radius 3 is 3.06 bits per heavy atom. The second kappa shape index (κ2) is 6.74. The quantitative estimate of drug-likeness (QED) is 0.855. The predicted molar refractivity (Wildman–Crippen MR) is 75.9 cm³/mol. The fourth-order valence-electron chi connectivity index (χ4n) is 2.39. The Labute approximate surface area is 113 Å². The van der Waals surface area contributed by atoms with Crippen LogP contribution in [0.1, 0.15) is 24.1 Å². The van der Waals surface area contributed by atoms with Crippen molar-refractivity contribution in [3.63, 3.8) is 0 Å². The van der Waals surface area contributed by atoms with Gasteiger partial charge in [0, 0.05) is 11.4 Å². The van der Waals surface area contributed by atoms with Crippen LogP contribution in [-0.2, 0) is 6.54 Å². The maximum atomic E-state index is 5.93. The van der Waals surface area contributed by atoms with Crippen LogP contribution in [0.4, 0.5) is 0 Å². The first-order valence-electron chi connectivity index (χ1n) is 6.37. The summed E-state index contributed by atoms with van der Waals surface area (Å²) in [6.07, 6.45) is 4.04. The van der Waals surface area contributed by atoms with Gasteiger partial charge in [0.25, 0.3) is 0 Å². The van der Waals surface area contributed by atoms with E-state index < -0.39 is 0 Å². The molecule has 1 fully saturated rings. The van der Waals surface area contributed by atoms with E-state index in [1.165, 1.54) is 43.8 Å². The minimum Gasteiger partial charge on any atom is -0.316 e. The van der Waals surface area contributed by atoms with Crippen molar-refractivity contribution in [2.24, 2.45) is 5.92 Å². The molecule has 2 heterocycles. The molecule has 2 rings (SSSR count). The van der Waals surface area contributed by atoms with Gasteiger partial charge in [0.2, 0.25) is 0 Å². The third-order valence-electron chi connectivity index (χ3n) is 3.37. The van der Waals surface area contributed by atoms with E-state index in [0.29, 0.717) is 0 Å². The number of hydrogen-bond donors (Lipinski definition) is 1. The van der Waals surface area contributed by atoms with Gasteiger partial charge in [-0.1, -0.05) is 11.6 Å². The molecule has 1 N–H and O–H groups in total. The van der Waals surface area contributed by atoms with E-state index in [1.807, 2.05) is 6.07 Å². The van der Waals surface area contributed by atoms with E-state index in [2.05, 4.69) is 23.3 Å². The van der Waals surface area contributed by atoms with Crippen LogP contribution in [-0.4, -0.2) is 31.6 Å². The van der Waals surface area contributed by atoms with Crippen LogP contribution >= 0.6 is 22.9 Å². The number of thiophene rings is 1. The van der Waals surface area contributed by atoms with Gasteiger partial charge in [-0.3, -0.25) is 0 Å². The molecule has 2 nitrogen and oxygen atoms in total. The van der Waals surface area contributed by atoms with Crippen molar-refractivity contribution in [1.82, 2.24) is 10.2 Å². The first-order chi connectivity index (χ1) is 8.24. The summed E-state index contributed by atoms with van der Waals surface area (Å²) in [6, 6.07) is 4.12. The maximum absolute atomic E-state index is 5.93. The summed E-state index contributed by atoms with van der Waals surface area (Å²) in [4.78, 5) is 3.75. The molecule has 1 aliphatic rings. The van der Waals surface area contributed by atoms with Crippen LogP contribution in [0.2, 0.25) is 4.34 Å². The Balaban J connectivity index is 1.61. The minimum atomic E-state index is 0.894. The highest BCUT2D eigenvalue weighted by molar-refractivity contribution is 7.16. The first kappa shape index (κ1) is 13.3.